The van der Waals surface area contributed by atoms with Crippen LogP contribution in [0.5, 0.6) is 0 Å². The molecule has 1 heterocycles. The molecule has 0 unspecified atom stereocenters. The predicted octanol–water partition coefficient (Wildman–Crippen LogP) is 2.36. The second kappa shape index (κ2) is 3.87. The molecule has 1 aromatic heterocycles. The van der Waals surface area contributed by atoms with E-state index in [0.717, 1.165) is 6.07 Å². The molecule has 1 N–H and O–H groups in total. The summed E-state index contributed by atoms with van der Waals surface area (Å²) in [6.45, 7) is 1.51. The zero-order chi connectivity index (χ0) is 10.0. The summed E-state index contributed by atoms with van der Waals surface area (Å²) < 4.78 is 24.7. The molecule has 0 saturated heterocycles. The molecule has 0 spiro atoms. The van der Waals surface area contributed by atoms with E-state index in [2.05, 4.69) is 4.98 Å². The van der Waals surface area contributed by atoms with Gasteiger partial charge >= 0.3 is 0 Å². The van der Waals surface area contributed by atoms with E-state index in [1.165, 1.54) is 6.92 Å². The minimum atomic E-state index is -2.63. The van der Waals surface area contributed by atoms with E-state index in [1.54, 1.807) is 0 Å². The number of hydrogen-bond acceptors (Lipinski definition) is 1. The van der Waals surface area contributed by atoms with Gasteiger partial charge in [-0.1, -0.05) is 0 Å². The van der Waals surface area contributed by atoms with Crippen LogP contribution in [-0.4, -0.2) is 4.98 Å². The topological polar surface area (TPSA) is 32.9 Å². The molecule has 72 valence electrons. The Bertz CT molecular complexity index is 362. The van der Waals surface area contributed by atoms with E-state index in [-0.39, 0.29) is 11.4 Å². The van der Waals surface area contributed by atoms with Gasteiger partial charge in [-0.2, -0.15) is 0 Å². The number of aromatic nitrogens is 1. The maximum Gasteiger partial charge on any atom is 0.264 e. The van der Waals surface area contributed by atoms with Crippen LogP contribution in [0.15, 0.2) is 10.9 Å². The fraction of sp³-hybridized carbons (Fsp3) is 0.375. The van der Waals surface area contributed by atoms with E-state index < -0.39 is 12.0 Å². The number of H-pyrrole nitrogens is 1. The van der Waals surface area contributed by atoms with E-state index in [1.807, 2.05) is 0 Å². The predicted molar refractivity (Wildman–Crippen MR) is 46.3 cm³/mol. The lowest BCUT2D eigenvalue weighted by molar-refractivity contribution is 0.150. The van der Waals surface area contributed by atoms with Gasteiger partial charge in [0, 0.05) is 17.3 Å². The van der Waals surface area contributed by atoms with Gasteiger partial charge in [0.15, 0.2) is 0 Å². The summed E-state index contributed by atoms with van der Waals surface area (Å²) in [4.78, 5) is 13.3. The first kappa shape index (κ1) is 10.2. The summed E-state index contributed by atoms with van der Waals surface area (Å²) >= 11 is 5.47. The van der Waals surface area contributed by atoms with E-state index in [0.29, 0.717) is 11.3 Å². The van der Waals surface area contributed by atoms with Crippen molar-refractivity contribution in [2.75, 3.05) is 0 Å². The SMILES string of the molecule is Cc1c(C(F)F)cc(=O)[nH]c1CCl. The van der Waals surface area contributed by atoms with Crippen LogP contribution in [0.4, 0.5) is 8.78 Å². The molecule has 1 rings (SSSR count). The van der Waals surface area contributed by atoms with E-state index >= 15 is 0 Å². The number of pyridine rings is 1. The first-order chi connectivity index (χ1) is 6.06. The summed E-state index contributed by atoms with van der Waals surface area (Å²) in [6, 6.07) is 0.899. The van der Waals surface area contributed by atoms with Crippen LogP contribution in [0, 0.1) is 6.92 Å². The Labute approximate surface area is 78.5 Å². The number of nitrogens with one attached hydrogen (secondary N) is 1. The standard InChI is InChI=1S/C8H8ClF2NO/c1-4-5(8(10)11)2-7(13)12-6(4)3-9/h2,8H,3H2,1H3,(H,12,13). The molecule has 0 amide bonds. The van der Waals surface area contributed by atoms with Crippen LogP contribution in [0.2, 0.25) is 0 Å². The number of alkyl halides is 3. The molecule has 0 atom stereocenters. The van der Waals surface area contributed by atoms with Gasteiger partial charge in [-0.25, -0.2) is 8.78 Å². The van der Waals surface area contributed by atoms with Crippen LogP contribution >= 0.6 is 11.6 Å². The van der Waals surface area contributed by atoms with E-state index in [9.17, 15) is 13.6 Å². The molecule has 5 heteroatoms. The zero-order valence-corrected chi connectivity index (χ0v) is 7.66. The summed E-state index contributed by atoms with van der Waals surface area (Å²) in [5, 5.41) is 0. The van der Waals surface area contributed by atoms with Gasteiger partial charge in [-0.15, -0.1) is 11.6 Å². The minimum Gasteiger partial charge on any atom is -0.325 e. The van der Waals surface area contributed by atoms with Gasteiger partial charge in [-0.05, 0) is 12.5 Å². The Hall–Kier alpha value is -0.900. The molecule has 0 aliphatic carbocycles. The van der Waals surface area contributed by atoms with Crippen molar-refractivity contribution < 1.29 is 8.78 Å². The molecule has 0 saturated carbocycles. The third kappa shape index (κ3) is 2.06. The van der Waals surface area contributed by atoms with Crippen molar-refractivity contribution in [3.05, 3.63) is 33.2 Å². The summed E-state index contributed by atoms with van der Waals surface area (Å²) in [7, 11) is 0. The van der Waals surface area contributed by atoms with Crippen molar-refractivity contribution in [3.63, 3.8) is 0 Å². The van der Waals surface area contributed by atoms with E-state index in [4.69, 9.17) is 11.6 Å². The largest absolute Gasteiger partial charge is 0.325 e. The molecule has 13 heavy (non-hydrogen) atoms. The average molecular weight is 208 g/mol. The number of halogens is 3. The van der Waals surface area contributed by atoms with Crippen LogP contribution in [0.3, 0.4) is 0 Å². The molecule has 1 aromatic rings. The Morgan fingerprint density at radius 1 is 1.62 bits per heavy atom. The Kier molecular flexibility index (Phi) is 3.03. The lowest BCUT2D eigenvalue weighted by Crippen LogP contribution is -2.11. The zero-order valence-electron chi connectivity index (χ0n) is 6.90. The summed E-state index contributed by atoms with van der Waals surface area (Å²) in [6.07, 6.45) is -2.63. The molecule has 2 nitrogen and oxygen atoms in total. The lowest BCUT2D eigenvalue weighted by atomic mass is 10.1. The molecule has 0 bridgehead atoms. The highest BCUT2D eigenvalue weighted by Crippen LogP contribution is 2.22. The number of rotatable bonds is 2. The fourth-order valence-electron chi connectivity index (χ4n) is 1.06. The maximum atomic E-state index is 12.3. The highest BCUT2D eigenvalue weighted by molar-refractivity contribution is 6.17. The maximum absolute atomic E-state index is 12.3. The molecule has 0 aliphatic rings. The summed E-state index contributed by atoms with van der Waals surface area (Å²) in [5.41, 5.74) is -0.0926. The third-order valence-electron chi connectivity index (χ3n) is 1.82. The molecule has 0 radical (unpaired) electrons. The number of hydrogen-bond donors (Lipinski definition) is 1. The van der Waals surface area contributed by atoms with Gasteiger partial charge in [0.25, 0.3) is 6.43 Å². The van der Waals surface area contributed by atoms with Crippen LogP contribution in [0.1, 0.15) is 23.2 Å². The number of aromatic amines is 1. The summed E-state index contributed by atoms with van der Waals surface area (Å²) in [5.74, 6) is 0.0294. The Morgan fingerprint density at radius 2 is 2.23 bits per heavy atom. The van der Waals surface area contributed by atoms with Crippen molar-refractivity contribution in [2.24, 2.45) is 0 Å². The fourth-order valence-corrected chi connectivity index (χ4v) is 1.33. The Morgan fingerprint density at radius 3 is 2.69 bits per heavy atom. The van der Waals surface area contributed by atoms with Crippen LogP contribution < -0.4 is 5.56 Å². The normalized spacial score (nSPS) is 10.8. The minimum absolute atomic E-state index is 0.0294. The lowest BCUT2D eigenvalue weighted by Gasteiger charge is -2.07. The van der Waals surface area contributed by atoms with Crippen molar-refractivity contribution in [1.82, 2.24) is 4.98 Å². The molecule has 0 aliphatic heterocycles. The van der Waals surface area contributed by atoms with Gasteiger partial charge in [0.05, 0.1) is 5.88 Å². The van der Waals surface area contributed by atoms with Gasteiger partial charge in [-0.3, -0.25) is 4.79 Å². The van der Waals surface area contributed by atoms with Crippen molar-refractivity contribution in [3.8, 4) is 0 Å². The van der Waals surface area contributed by atoms with Crippen LogP contribution in [-0.2, 0) is 5.88 Å². The third-order valence-corrected chi connectivity index (χ3v) is 2.08. The molecule has 0 fully saturated rings. The highest BCUT2D eigenvalue weighted by Gasteiger charge is 2.13. The first-order valence-corrected chi connectivity index (χ1v) is 4.16. The smallest absolute Gasteiger partial charge is 0.264 e. The second-order valence-corrected chi connectivity index (χ2v) is 2.89. The van der Waals surface area contributed by atoms with Gasteiger partial charge in [0.1, 0.15) is 0 Å². The average Bonchev–Trinajstić information content (AvgIpc) is 2.08. The van der Waals surface area contributed by atoms with Crippen molar-refractivity contribution in [1.29, 1.82) is 0 Å². The van der Waals surface area contributed by atoms with Crippen molar-refractivity contribution in [2.45, 2.75) is 19.2 Å². The van der Waals surface area contributed by atoms with Crippen molar-refractivity contribution >= 4 is 11.6 Å². The molecular weight excluding hydrogens is 200 g/mol. The Balaban J connectivity index is 3.36. The van der Waals surface area contributed by atoms with Gasteiger partial charge < -0.3 is 4.98 Å². The monoisotopic (exact) mass is 207 g/mol. The van der Waals surface area contributed by atoms with Crippen LogP contribution in [0.25, 0.3) is 0 Å². The van der Waals surface area contributed by atoms with Gasteiger partial charge in [0.2, 0.25) is 5.56 Å². The molecular formula is C8H8ClF2NO. The quantitative estimate of drug-likeness (QED) is 0.742. The molecule has 0 aromatic carbocycles. The highest BCUT2D eigenvalue weighted by atomic mass is 35.5. The second-order valence-electron chi connectivity index (χ2n) is 2.63. The first-order valence-electron chi connectivity index (χ1n) is 3.63.